The van der Waals surface area contributed by atoms with Crippen LogP contribution in [-0.2, 0) is 9.53 Å². The average Bonchev–Trinajstić information content (AvgIpc) is 3.19. The van der Waals surface area contributed by atoms with Gasteiger partial charge in [0.05, 0.1) is 17.7 Å². The van der Waals surface area contributed by atoms with Crippen LogP contribution < -0.4 is 0 Å². The molecule has 0 bridgehead atoms. The lowest BCUT2D eigenvalue weighted by Gasteiger charge is -2.48. The Hall–Kier alpha value is -0.970. The molecule has 0 aromatic carbocycles. The first-order valence-corrected chi connectivity index (χ1v) is 13.3. The van der Waals surface area contributed by atoms with Gasteiger partial charge in [-0.15, -0.1) is 0 Å². The largest absolute Gasteiger partial charge is 0.369 e. The lowest BCUT2D eigenvalue weighted by Crippen LogP contribution is -2.50. The second-order valence-corrected chi connectivity index (χ2v) is 12.7. The van der Waals surface area contributed by atoms with Crippen LogP contribution in [0.2, 0.25) is 0 Å². The molecule has 0 aromatic heterocycles. The number of piperidine rings is 1. The minimum Gasteiger partial charge on any atom is -0.369 e. The molecule has 6 rings (SSSR count). The Morgan fingerprint density at radius 3 is 2.81 bits per heavy atom. The second-order valence-electron chi connectivity index (χ2n) is 12.7. The summed E-state index contributed by atoms with van der Waals surface area (Å²) in [6.45, 7) is 10.2. The van der Waals surface area contributed by atoms with Crippen molar-refractivity contribution in [2.45, 2.75) is 103 Å². The Bertz CT molecular complexity index is 891. The third-order valence-corrected chi connectivity index (χ3v) is 11.0. The molecular formula is C28H41NO3. The van der Waals surface area contributed by atoms with Gasteiger partial charge < -0.3 is 9.94 Å². The zero-order valence-corrected chi connectivity index (χ0v) is 20.4. The number of hydroxylamine groups is 2. The second kappa shape index (κ2) is 7.26. The number of ketones is 1. The number of nitrogens with zero attached hydrogens (tertiary/aromatic N) is 1. The lowest BCUT2D eigenvalue weighted by molar-refractivity contribution is -0.178. The zero-order chi connectivity index (χ0) is 22.4. The van der Waals surface area contributed by atoms with E-state index in [-0.39, 0.29) is 23.2 Å². The third kappa shape index (κ3) is 2.94. The molecule has 4 fully saturated rings. The molecule has 1 N–H and O–H groups in total. The molecule has 0 radical (unpaired) electrons. The fourth-order valence-corrected chi connectivity index (χ4v) is 9.34. The molecule has 176 valence electrons. The van der Waals surface area contributed by atoms with Crippen molar-refractivity contribution >= 4 is 5.78 Å². The number of ether oxygens (including phenoxy) is 1. The van der Waals surface area contributed by atoms with E-state index in [0.29, 0.717) is 29.5 Å². The fraction of sp³-hybridized carbons (Fsp3) is 0.821. The smallest absolute Gasteiger partial charge is 0.155 e. The van der Waals surface area contributed by atoms with Crippen LogP contribution in [0, 0.1) is 35.0 Å². The molecule has 2 saturated heterocycles. The minimum absolute atomic E-state index is 0.113. The van der Waals surface area contributed by atoms with E-state index in [1.165, 1.54) is 24.8 Å². The molecule has 6 aliphatic rings. The van der Waals surface area contributed by atoms with Crippen molar-refractivity contribution in [3.05, 3.63) is 22.8 Å². The average molecular weight is 440 g/mol. The van der Waals surface area contributed by atoms with E-state index in [2.05, 4.69) is 27.7 Å². The molecule has 0 aromatic rings. The highest BCUT2D eigenvalue weighted by atomic mass is 16.5. The third-order valence-electron chi connectivity index (χ3n) is 11.0. The highest BCUT2D eigenvalue weighted by Crippen LogP contribution is 2.64. The summed E-state index contributed by atoms with van der Waals surface area (Å²) in [6.07, 6.45) is 12.0. The summed E-state index contributed by atoms with van der Waals surface area (Å²) in [6, 6.07) is 0.149. The summed E-state index contributed by atoms with van der Waals surface area (Å²) in [4.78, 5) is 12.1. The van der Waals surface area contributed by atoms with Crippen molar-refractivity contribution in [2.75, 3.05) is 6.54 Å². The van der Waals surface area contributed by atoms with Crippen LogP contribution in [-0.4, -0.2) is 40.3 Å². The first kappa shape index (κ1) is 21.6. The van der Waals surface area contributed by atoms with Crippen molar-refractivity contribution < 1.29 is 14.7 Å². The predicted octanol–water partition coefficient (Wildman–Crippen LogP) is 5.70. The topological polar surface area (TPSA) is 49.8 Å². The first-order chi connectivity index (χ1) is 15.2. The Morgan fingerprint density at radius 1 is 1.19 bits per heavy atom. The molecule has 9 atom stereocenters. The van der Waals surface area contributed by atoms with Gasteiger partial charge in [0.25, 0.3) is 0 Å². The van der Waals surface area contributed by atoms with Crippen LogP contribution >= 0.6 is 0 Å². The van der Waals surface area contributed by atoms with Gasteiger partial charge in [0.1, 0.15) is 0 Å². The highest BCUT2D eigenvalue weighted by Gasteiger charge is 2.59. The van der Waals surface area contributed by atoms with Gasteiger partial charge in [0.2, 0.25) is 0 Å². The Kier molecular flexibility index (Phi) is 4.89. The first-order valence-electron chi connectivity index (χ1n) is 13.3. The van der Waals surface area contributed by atoms with Crippen molar-refractivity contribution in [1.82, 2.24) is 5.06 Å². The van der Waals surface area contributed by atoms with Gasteiger partial charge in [-0.3, -0.25) is 4.79 Å². The maximum absolute atomic E-state index is 12.1. The number of rotatable bonds is 0. The van der Waals surface area contributed by atoms with Crippen LogP contribution in [0.3, 0.4) is 0 Å². The SMILES string of the molecule is CC1=C2C[C@H]3[C@@H](CCC4=CC(=O)CC[C@@]43C)[C@@H]2CCC2(C1)OC1C[C@H](C)CN(O)[C@H]1[C@H]2C. The Morgan fingerprint density at radius 2 is 2.00 bits per heavy atom. The van der Waals surface area contributed by atoms with E-state index in [4.69, 9.17) is 4.74 Å². The molecule has 2 heterocycles. The molecule has 32 heavy (non-hydrogen) atoms. The maximum Gasteiger partial charge on any atom is 0.155 e. The lowest BCUT2D eigenvalue weighted by atomic mass is 9.56. The summed E-state index contributed by atoms with van der Waals surface area (Å²) >= 11 is 0. The number of carbonyl (C=O) groups is 1. The zero-order valence-electron chi connectivity index (χ0n) is 20.4. The van der Waals surface area contributed by atoms with Gasteiger partial charge in [-0.2, -0.15) is 5.06 Å². The number of carbonyl (C=O) groups excluding carboxylic acids is 1. The molecule has 2 saturated carbocycles. The molecule has 4 heteroatoms. The van der Waals surface area contributed by atoms with E-state index in [1.54, 1.807) is 16.2 Å². The van der Waals surface area contributed by atoms with Gasteiger partial charge in [0, 0.05) is 18.9 Å². The summed E-state index contributed by atoms with van der Waals surface area (Å²) in [5, 5.41) is 12.4. The maximum atomic E-state index is 12.1. The van der Waals surface area contributed by atoms with Gasteiger partial charge >= 0.3 is 0 Å². The van der Waals surface area contributed by atoms with Crippen molar-refractivity contribution in [3.8, 4) is 0 Å². The molecule has 4 nitrogen and oxygen atoms in total. The van der Waals surface area contributed by atoms with Crippen molar-refractivity contribution in [3.63, 3.8) is 0 Å². The number of hydrogen-bond acceptors (Lipinski definition) is 4. The van der Waals surface area contributed by atoms with E-state index >= 15 is 0 Å². The van der Waals surface area contributed by atoms with Gasteiger partial charge in [-0.05, 0) is 93.5 Å². The van der Waals surface area contributed by atoms with Crippen molar-refractivity contribution in [1.29, 1.82) is 0 Å². The van der Waals surface area contributed by atoms with Crippen LogP contribution in [0.25, 0.3) is 0 Å². The molecule has 2 aliphatic heterocycles. The van der Waals surface area contributed by atoms with Gasteiger partial charge in [-0.1, -0.05) is 37.5 Å². The summed E-state index contributed by atoms with van der Waals surface area (Å²) in [7, 11) is 0. The molecule has 2 unspecified atom stereocenters. The van der Waals surface area contributed by atoms with Crippen LogP contribution in [0.5, 0.6) is 0 Å². The minimum atomic E-state index is -0.113. The molecule has 0 amide bonds. The van der Waals surface area contributed by atoms with Crippen molar-refractivity contribution in [2.24, 2.45) is 35.0 Å². The van der Waals surface area contributed by atoms with Gasteiger partial charge in [0.15, 0.2) is 5.78 Å². The molecule has 1 spiro atoms. The standard InChI is InChI=1S/C28H41NO3/c1-16-11-25-26(29(31)15-16)18(3)28(32-25)10-8-21-22-6-5-19-12-20(30)7-9-27(19,4)24(22)13-23(21)17(2)14-28/h12,16,18,21-22,24-26,31H,5-11,13-15H2,1-4H3/t16-,18+,21-,22-,24-,25?,26-,27-,28?/m0/s1. The number of fused-ring (bicyclic) bond motifs is 6. The van der Waals surface area contributed by atoms with E-state index in [1.807, 2.05) is 6.08 Å². The molecule has 4 aliphatic carbocycles. The Balaban J connectivity index is 1.30. The van der Waals surface area contributed by atoms with Gasteiger partial charge in [-0.25, -0.2) is 0 Å². The van der Waals surface area contributed by atoms with E-state index in [0.717, 1.165) is 51.0 Å². The highest BCUT2D eigenvalue weighted by molar-refractivity contribution is 5.91. The monoisotopic (exact) mass is 439 g/mol. The number of hydrogen-bond donors (Lipinski definition) is 1. The summed E-state index contributed by atoms with van der Waals surface area (Å²) in [5.41, 5.74) is 4.88. The normalized spacial score (nSPS) is 51.1. The van der Waals surface area contributed by atoms with Crippen LogP contribution in [0.4, 0.5) is 0 Å². The fourth-order valence-electron chi connectivity index (χ4n) is 9.34. The van der Waals surface area contributed by atoms with E-state index in [9.17, 15) is 10.0 Å². The van der Waals surface area contributed by atoms with Crippen LogP contribution in [0.1, 0.15) is 85.5 Å². The summed E-state index contributed by atoms with van der Waals surface area (Å²) < 4.78 is 6.93. The summed E-state index contributed by atoms with van der Waals surface area (Å²) in [5.74, 6) is 3.36. The predicted molar refractivity (Wildman–Crippen MR) is 124 cm³/mol. The quantitative estimate of drug-likeness (QED) is 0.492. The molecular weight excluding hydrogens is 398 g/mol. The Labute approximate surface area is 193 Å². The number of allylic oxidation sites excluding steroid dienone is 3. The van der Waals surface area contributed by atoms with E-state index < -0.39 is 0 Å². The van der Waals surface area contributed by atoms with Crippen LogP contribution in [0.15, 0.2) is 22.8 Å².